The minimum absolute atomic E-state index is 0.0772. The SMILES string of the molecule is Cn1c(CSc2nnc(CO)n2C2CC2)nnc1-c1ccccc1. The van der Waals surface area contributed by atoms with Crippen LogP contribution in [0.2, 0.25) is 0 Å². The summed E-state index contributed by atoms with van der Waals surface area (Å²) < 4.78 is 4.06. The van der Waals surface area contributed by atoms with Crippen molar-refractivity contribution in [1.29, 1.82) is 0 Å². The fraction of sp³-hybridized carbons (Fsp3) is 0.375. The summed E-state index contributed by atoms with van der Waals surface area (Å²) >= 11 is 1.58. The van der Waals surface area contributed by atoms with Crippen molar-refractivity contribution in [2.45, 2.75) is 36.4 Å². The number of nitrogens with zero attached hydrogens (tertiary/aromatic N) is 6. The lowest BCUT2D eigenvalue weighted by molar-refractivity contribution is 0.263. The molecule has 0 radical (unpaired) electrons. The van der Waals surface area contributed by atoms with Crippen molar-refractivity contribution >= 4 is 11.8 Å². The molecule has 0 spiro atoms. The largest absolute Gasteiger partial charge is 0.388 e. The second kappa shape index (κ2) is 6.37. The maximum Gasteiger partial charge on any atom is 0.191 e. The Labute approximate surface area is 143 Å². The van der Waals surface area contributed by atoms with Gasteiger partial charge in [0.25, 0.3) is 0 Å². The maximum atomic E-state index is 9.41. The molecule has 1 fully saturated rings. The number of thioether (sulfide) groups is 1. The van der Waals surface area contributed by atoms with Gasteiger partial charge in [0.1, 0.15) is 12.4 Å². The Balaban J connectivity index is 1.53. The van der Waals surface area contributed by atoms with Crippen molar-refractivity contribution in [3.05, 3.63) is 42.0 Å². The van der Waals surface area contributed by atoms with Gasteiger partial charge >= 0.3 is 0 Å². The molecule has 124 valence electrons. The summed E-state index contributed by atoms with van der Waals surface area (Å²) in [6, 6.07) is 10.5. The summed E-state index contributed by atoms with van der Waals surface area (Å²) in [6.45, 7) is -0.0772. The Morgan fingerprint density at radius 3 is 2.54 bits per heavy atom. The van der Waals surface area contributed by atoms with Gasteiger partial charge in [-0.1, -0.05) is 42.1 Å². The van der Waals surface area contributed by atoms with Crippen molar-refractivity contribution in [2.75, 3.05) is 0 Å². The minimum Gasteiger partial charge on any atom is -0.388 e. The molecule has 0 unspecified atom stereocenters. The molecular weight excluding hydrogens is 324 g/mol. The first-order chi connectivity index (χ1) is 11.8. The van der Waals surface area contributed by atoms with E-state index in [2.05, 4.69) is 25.0 Å². The van der Waals surface area contributed by atoms with Gasteiger partial charge in [-0.15, -0.1) is 20.4 Å². The maximum absolute atomic E-state index is 9.41. The lowest BCUT2D eigenvalue weighted by atomic mass is 10.2. The number of aliphatic hydroxyl groups excluding tert-OH is 1. The number of aromatic nitrogens is 6. The smallest absolute Gasteiger partial charge is 0.191 e. The molecule has 0 amide bonds. The number of aliphatic hydroxyl groups is 1. The molecule has 2 aromatic heterocycles. The van der Waals surface area contributed by atoms with Crippen LogP contribution in [0, 0.1) is 0 Å². The number of benzene rings is 1. The van der Waals surface area contributed by atoms with Gasteiger partial charge in [0.05, 0.1) is 5.75 Å². The summed E-state index contributed by atoms with van der Waals surface area (Å²) in [5, 5.41) is 27.2. The van der Waals surface area contributed by atoms with Gasteiger partial charge in [0.15, 0.2) is 16.8 Å². The zero-order valence-electron chi connectivity index (χ0n) is 13.3. The van der Waals surface area contributed by atoms with E-state index in [0.29, 0.717) is 17.6 Å². The van der Waals surface area contributed by atoms with Gasteiger partial charge in [-0.3, -0.25) is 0 Å². The molecule has 3 aromatic rings. The quantitative estimate of drug-likeness (QED) is 0.692. The van der Waals surface area contributed by atoms with E-state index in [1.807, 2.05) is 41.9 Å². The third-order valence-electron chi connectivity index (χ3n) is 4.12. The summed E-state index contributed by atoms with van der Waals surface area (Å²) in [5.74, 6) is 3.04. The highest BCUT2D eigenvalue weighted by Gasteiger charge is 2.29. The van der Waals surface area contributed by atoms with Gasteiger partial charge in [-0.05, 0) is 12.8 Å². The fourth-order valence-electron chi connectivity index (χ4n) is 2.67. The van der Waals surface area contributed by atoms with Crippen molar-refractivity contribution in [3.8, 4) is 11.4 Å². The van der Waals surface area contributed by atoms with E-state index in [1.54, 1.807) is 11.8 Å². The lowest BCUT2D eigenvalue weighted by Crippen LogP contribution is -2.04. The van der Waals surface area contributed by atoms with Crippen molar-refractivity contribution < 1.29 is 5.11 Å². The second-order valence-corrected chi connectivity index (χ2v) is 6.75. The molecule has 1 aliphatic rings. The van der Waals surface area contributed by atoms with Crippen LogP contribution >= 0.6 is 11.8 Å². The summed E-state index contributed by atoms with van der Waals surface area (Å²) in [5.41, 5.74) is 1.05. The molecule has 4 rings (SSSR count). The lowest BCUT2D eigenvalue weighted by Gasteiger charge is -2.07. The van der Waals surface area contributed by atoms with Gasteiger partial charge in [0, 0.05) is 18.7 Å². The van der Waals surface area contributed by atoms with Crippen LogP contribution in [-0.4, -0.2) is 34.6 Å². The molecule has 8 heteroatoms. The fourth-order valence-corrected chi connectivity index (χ4v) is 3.67. The van der Waals surface area contributed by atoms with Crippen molar-refractivity contribution in [1.82, 2.24) is 29.5 Å². The Morgan fingerprint density at radius 2 is 1.83 bits per heavy atom. The number of rotatable bonds is 6. The Morgan fingerprint density at radius 1 is 1.08 bits per heavy atom. The van der Waals surface area contributed by atoms with E-state index in [0.717, 1.165) is 35.2 Å². The molecule has 0 aliphatic heterocycles. The van der Waals surface area contributed by atoms with Gasteiger partial charge in [-0.2, -0.15) is 0 Å². The van der Waals surface area contributed by atoms with Gasteiger partial charge in [-0.25, -0.2) is 0 Å². The standard InChI is InChI=1S/C16H18N6OS/c1-21-14(18-19-15(21)11-5-3-2-4-6-11)10-24-16-20-17-13(9-23)22(16)12-7-8-12/h2-6,12,23H,7-10H2,1H3. The van der Waals surface area contributed by atoms with E-state index in [9.17, 15) is 5.11 Å². The Kier molecular flexibility index (Phi) is 4.07. The van der Waals surface area contributed by atoms with Crippen LogP contribution in [-0.2, 0) is 19.4 Å². The average Bonchev–Trinajstić information content (AvgIpc) is 3.27. The molecule has 0 atom stereocenters. The van der Waals surface area contributed by atoms with Crippen molar-refractivity contribution in [2.24, 2.45) is 7.05 Å². The molecule has 2 heterocycles. The molecule has 0 saturated heterocycles. The summed E-state index contributed by atoms with van der Waals surface area (Å²) in [6.07, 6.45) is 2.25. The second-order valence-electron chi connectivity index (χ2n) is 5.81. The first-order valence-corrected chi connectivity index (χ1v) is 8.87. The topological polar surface area (TPSA) is 81.6 Å². The van der Waals surface area contributed by atoms with E-state index < -0.39 is 0 Å². The highest BCUT2D eigenvalue weighted by Crippen LogP contribution is 2.39. The zero-order valence-corrected chi connectivity index (χ0v) is 14.1. The van der Waals surface area contributed by atoms with Crippen LogP contribution in [0.15, 0.2) is 35.5 Å². The van der Waals surface area contributed by atoms with E-state index >= 15 is 0 Å². The first kappa shape index (κ1) is 15.3. The highest BCUT2D eigenvalue weighted by atomic mass is 32.2. The van der Waals surface area contributed by atoms with Crippen LogP contribution in [0.1, 0.15) is 30.5 Å². The van der Waals surface area contributed by atoms with Crippen LogP contribution in [0.4, 0.5) is 0 Å². The summed E-state index contributed by atoms with van der Waals surface area (Å²) in [4.78, 5) is 0. The van der Waals surface area contributed by atoms with E-state index in [1.165, 1.54) is 0 Å². The normalized spacial score (nSPS) is 14.2. The van der Waals surface area contributed by atoms with E-state index in [-0.39, 0.29) is 6.61 Å². The predicted octanol–water partition coefficient (Wildman–Crippen LogP) is 2.19. The molecule has 7 nitrogen and oxygen atoms in total. The highest BCUT2D eigenvalue weighted by molar-refractivity contribution is 7.98. The average molecular weight is 342 g/mol. The van der Waals surface area contributed by atoms with Crippen LogP contribution in [0.25, 0.3) is 11.4 Å². The van der Waals surface area contributed by atoms with Gasteiger partial charge < -0.3 is 14.2 Å². The Hall–Kier alpha value is -2.19. The van der Waals surface area contributed by atoms with Crippen LogP contribution in [0.5, 0.6) is 0 Å². The number of hydrogen-bond donors (Lipinski definition) is 1. The zero-order chi connectivity index (χ0) is 16.5. The first-order valence-electron chi connectivity index (χ1n) is 7.89. The van der Waals surface area contributed by atoms with Crippen molar-refractivity contribution in [3.63, 3.8) is 0 Å². The molecule has 0 bridgehead atoms. The molecule has 24 heavy (non-hydrogen) atoms. The minimum atomic E-state index is -0.0772. The molecule has 1 aromatic carbocycles. The third-order valence-corrected chi connectivity index (χ3v) is 5.06. The molecule has 1 N–H and O–H groups in total. The molecule has 1 aliphatic carbocycles. The Bertz CT molecular complexity index is 840. The monoisotopic (exact) mass is 342 g/mol. The third kappa shape index (κ3) is 2.83. The molecule has 1 saturated carbocycles. The van der Waals surface area contributed by atoms with Gasteiger partial charge in [0.2, 0.25) is 0 Å². The predicted molar refractivity (Wildman–Crippen MR) is 90.2 cm³/mol. The number of hydrogen-bond acceptors (Lipinski definition) is 6. The molecular formula is C16H18N6OS. The van der Waals surface area contributed by atoms with Crippen LogP contribution in [0.3, 0.4) is 0 Å². The van der Waals surface area contributed by atoms with E-state index in [4.69, 9.17) is 0 Å². The van der Waals surface area contributed by atoms with Crippen LogP contribution < -0.4 is 0 Å². The summed E-state index contributed by atoms with van der Waals surface area (Å²) in [7, 11) is 1.98.